The number of fused-ring (bicyclic) bond motifs is 2. The number of amides is 3. The zero-order valence-electron chi connectivity index (χ0n) is 32.3. The van der Waals surface area contributed by atoms with Crippen molar-refractivity contribution in [1.82, 2.24) is 30.7 Å². The predicted octanol–water partition coefficient (Wildman–Crippen LogP) is 5.67. The van der Waals surface area contributed by atoms with E-state index < -0.39 is 58.9 Å². The van der Waals surface area contributed by atoms with Gasteiger partial charge in [-0.2, -0.15) is 0 Å². The minimum Gasteiger partial charge on any atom is -0.495 e. The molecule has 1 aromatic carbocycles. The first-order valence-electron chi connectivity index (χ1n) is 18.9. The fraction of sp³-hybridized carbons (Fsp3) is 0.564. The smallest absolute Gasteiger partial charge is 0.408 e. The number of carbonyl (C=O) groups is 4. The van der Waals surface area contributed by atoms with Crippen molar-refractivity contribution in [2.45, 2.75) is 103 Å². The average Bonchev–Trinajstić information content (AvgIpc) is 3.80. The second-order valence-electron chi connectivity index (χ2n) is 16.7. The monoisotopic (exact) mass is 809 g/mol. The van der Waals surface area contributed by atoms with E-state index in [0.29, 0.717) is 50.1 Å². The molecule has 3 aromatic rings. The predicted molar refractivity (Wildman–Crippen MR) is 210 cm³/mol. The fourth-order valence-electron chi connectivity index (χ4n) is 7.95. The summed E-state index contributed by atoms with van der Waals surface area (Å²) in [5.41, 5.74) is -1.51. The van der Waals surface area contributed by atoms with Crippen molar-refractivity contribution in [2.24, 2.45) is 23.2 Å². The van der Waals surface area contributed by atoms with Crippen molar-refractivity contribution in [3.05, 3.63) is 35.9 Å². The van der Waals surface area contributed by atoms with E-state index in [-0.39, 0.29) is 36.6 Å². The largest absolute Gasteiger partial charge is 0.495 e. The number of ether oxygens (including phenoxy) is 3. The van der Waals surface area contributed by atoms with Gasteiger partial charge in [-0.15, -0.1) is 16.8 Å². The van der Waals surface area contributed by atoms with E-state index >= 15 is 0 Å². The number of anilines is 1. The molecule has 4 fully saturated rings. The Morgan fingerprint density at radius 1 is 1.09 bits per heavy atom. The number of benzene rings is 1. The zero-order chi connectivity index (χ0) is 40.3. The molecule has 17 heteroatoms. The maximum Gasteiger partial charge on any atom is 0.408 e. The Kier molecular flexibility index (Phi) is 10.6. The molecular formula is C39H48ClN7O8S. The molecule has 4 N–H and O–H groups in total. The van der Waals surface area contributed by atoms with Gasteiger partial charge in [0.15, 0.2) is 5.01 Å². The van der Waals surface area contributed by atoms with Gasteiger partial charge in [0.2, 0.25) is 16.9 Å². The van der Waals surface area contributed by atoms with Crippen LogP contribution in [0.15, 0.2) is 30.9 Å². The molecule has 3 heterocycles. The lowest BCUT2D eigenvalue weighted by molar-refractivity contribution is -0.146. The van der Waals surface area contributed by atoms with Gasteiger partial charge < -0.3 is 40.2 Å². The topological polar surface area (TPSA) is 194 Å². The minimum absolute atomic E-state index is 0.0164. The van der Waals surface area contributed by atoms with E-state index in [0.717, 1.165) is 12.8 Å². The molecule has 1 saturated heterocycles. The number of hydrogen-bond donors (Lipinski definition) is 4. The second-order valence-corrected chi connectivity index (χ2v) is 18.0. The zero-order valence-corrected chi connectivity index (χ0v) is 33.8. The molecule has 1 aliphatic heterocycles. The average molecular weight is 810 g/mol. The van der Waals surface area contributed by atoms with E-state index in [1.54, 1.807) is 18.2 Å². The van der Waals surface area contributed by atoms with E-state index in [2.05, 4.69) is 32.7 Å². The molecule has 0 unspecified atom stereocenters. The third-order valence-corrected chi connectivity index (χ3v) is 12.4. The highest BCUT2D eigenvalue weighted by Crippen LogP contribution is 2.52. The Labute approximate surface area is 333 Å². The van der Waals surface area contributed by atoms with Crippen molar-refractivity contribution in [1.29, 1.82) is 0 Å². The van der Waals surface area contributed by atoms with Crippen LogP contribution >= 0.6 is 22.9 Å². The lowest BCUT2D eigenvalue weighted by atomic mass is 9.85. The number of nitrogens with zero attached hydrogens (tertiary/aromatic N) is 4. The Bertz CT molecular complexity index is 2060. The van der Waals surface area contributed by atoms with Gasteiger partial charge in [0.05, 0.1) is 19.2 Å². The fourth-order valence-corrected chi connectivity index (χ4v) is 9.09. The first-order valence-corrected chi connectivity index (χ1v) is 20.1. The maximum atomic E-state index is 14.6. The molecule has 7 rings (SSSR count). The molecule has 3 amide bonds. The van der Waals surface area contributed by atoms with Crippen LogP contribution in [0.4, 0.5) is 9.93 Å². The number of aromatic nitrogens is 3. The molecule has 3 saturated carbocycles. The SMILES string of the molecule is C=C[C@@H]1C[C@]1(NC(=O)[C@@H]1C[C@@H](Oc2cc(-c3nnc(NC(C)C)s3)nc3c(Cl)c(OC)ccc23)CN1C(=O)[C@@H](NC(=O)O[C@@H]1C[C@@H]2C[C@@H]2C1)C(C)(C)C)C(=O)O. The number of rotatable bonds is 13. The summed E-state index contributed by atoms with van der Waals surface area (Å²) in [5, 5.41) is 29.4. The van der Waals surface area contributed by atoms with Gasteiger partial charge in [0, 0.05) is 29.8 Å². The molecule has 8 atom stereocenters. The molecule has 0 radical (unpaired) electrons. The van der Waals surface area contributed by atoms with Crippen molar-refractivity contribution in [2.75, 3.05) is 19.0 Å². The van der Waals surface area contributed by atoms with Crippen LogP contribution in [0.5, 0.6) is 11.5 Å². The molecule has 3 aliphatic carbocycles. The van der Waals surface area contributed by atoms with Crippen LogP contribution in [0.25, 0.3) is 21.6 Å². The van der Waals surface area contributed by atoms with Crippen LogP contribution in [0.3, 0.4) is 0 Å². The summed E-state index contributed by atoms with van der Waals surface area (Å²) in [7, 11) is 1.50. The molecule has 4 aliphatic rings. The summed E-state index contributed by atoms with van der Waals surface area (Å²) in [5.74, 6) is -0.877. The van der Waals surface area contributed by atoms with Crippen molar-refractivity contribution in [3.63, 3.8) is 0 Å². The quantitative estimate of drug-likeness (QED) is 0.155. The molecule has 56 heavy (non-hydrogen) atoms. The number of hydrogen-bond acceptors (Lipinski definition) is 12. The number of halogens is 1. The highest BCUT2D eigenvalue weighted by Gasteiger charge is 2.61. The normalized spacial score (nSPS) is 27.0. The van der Waals surface area contributed by atoms with Crippen molar-refractivity contribution < 1.29 is 38.5 Å². The summed E-state index contributed by atoms with van der Waals surface area (Å²) < 4.78 is 17.9. The highest BCUT2D eigenvalue weighted by molar-refractivity contribution is 7.18. The van der Waals surface area contributed by atoms with E-state index in [1.165, 1.54) is 35.8 Å². The van der Waals surface area contributed by atoms with Crippen molar-refractivity contribution in [3.8, 4) is 22.2 Å². The number of nitrogens with one attached hydrogen (secondary N) is 3. The van der Waals surface area contributed by atoms with Crippen molar-refractivity contribution >= 4 is 62.8 Å². The Morgan fingerprint density at radius 3 is 2.45 bits per heavy atom. The summed E-state index contributed by atoms with van der Waals surface area (Å²) in [6.07, 6.45) is 2.84. The second kappa shape index (κ2) is 15.0. The molecule has 300 valence electrons. The van der Waals surface area contributed by atoms with Crippen LogP contribution in [-0.2, 0) is 19.1 Å². The lowest BCUT2D eigenvalue weighted by Crippen LogP contribution is -2.59. The molecule has 15 nitrogen and oxygen atoms in total. The number of carboxylic acid groups (broad SMARTS) is 1. The number of methoxy groups -OCH3 is 1. The Balaban J connectivity index is 1.20. The van der Waals surface area contributed by atoms with E-state index in [4.69, 9.17) is 30.8 Å². The number of likely N-dealkylation sites (tertiary alicyclic amines) is 1. The highest BCUT2D eigenvalue weighted by atomic mass is 35.5. The van der Waals surface area contributed by atoms with Crippen LogP contribution in [0.1, 0.15) is 66.7 Å². The number of pyridine rings is 1. The third kappa shape index (κ3) is 7.82. The number of aliphatic carboxylic acids is 1. The van der Waals surface area contributed by atoms with E-state index in [9.17, 15) is 24.3 Å². The Morgan fingerprint density at radius 2 is 1.82 bits per heavy atom. The lowest BCUT2D eigenvalue weighted by Gasteiger charge is -2.35. The minimum atomic E-state index is -1.53. The summed E-state index contributed by atoms with van der Waals surface area (Å²) in [4.78, 5) is 60.6. The standard InChI is InChI=1S/C39H48ClN7O8S/c1-8-21-16-39(21,35(50)51)44-32(48)26-14-23(17-47(26)34(49)31(38(4,5)6)43-37(52)55-22-12-19-11-20(19)13-22)54-28-15-25(33-45-46-36(56-33)41-18(2)3)42-30-24(28)9-10-27(53-7)29(30)40/h8-10,15,18-23,26,31H,1,11-14,16-17H2,2-7H3,(H,41,46)(H,43,52)(H,44,48)(H,50,51)/t19-,20+,21-,22+,23-,26+,31-,39-/m1/s1. The third-order valence-electron chi connectivity index (χ3n) is 11.1. The van der Waals surface area contributed by atoms with Gasteiger partial charge in [-0.05, 0) is 68.9 Å². The molecule has 0 bridgehead atoms. The number of carbonyl (C=O) groups excluding carboxylic acids is 3. The van der Waals surface area contributed by atoms with Gasteiger partial charge in [0.25, 0.3) is 0 Å². The maximum absolute atomic E-state index is 14.6. The molecule has 0 spiro atoms. The van der Waals surface area contributed by atoms with Gasteiger partial charge in [-0.3, -0.25) is 9.59 Å². The Hall–Kier alpha value is -4.70. The summed E-state index contributed by atoms with van der Waals surface area (Å²) in [6, 6.07) is 3.08. The first-order chi connectivity index (χ1) is 26.5. The van der Waals surface area contributed by atoms with Crippen LogP contribution in [0.2, 0.25) is 5.02 Å². The van der Waals surface area contributed by atoms with Crippen LogP contribution in [-0.4, -0.2) is 98.6 Å². The van der Waals surface area contributed by atoms with Gasteiger partial charge in [-0.25, -0.2) is 14.6 Å². The summed E-state index contributed by atoms with van der Waals surface area (Å²) in [6.45, 7) is 13.1. The first kappa shape index (κ1) is 39.5. The van der Waals surface area contributed by atoms with Gasteiger partial charge in [-0.1, -0.05) is 49.8 Å². The van der Waals surface area contributed by atoms with E-state index in [1.807, 2.05) is 34.6 Å². The number of alkyl carbamates (subject to hydrolysis) is 1. The van der Waals surface area contributed by atoms with Crippen LogP contribution < -0.4 is 25.4 Å². The number of carboxylic acids is 1. The molecule has 2 aromatic heterocycles. The van der Waals surface area contributed by atoms with Gasteiger partial charge >= 0.3 is 12.1 Å². The molecular weight excluding hydrogens is 762 g/mol. The summed E-state index contributed by atoms with van der Waals surface area (Å²) >= 11 is 8.10. The van der Waals surface area contributed by atoms with Crippen LogP contribution in [0, 0.1) is 23.2 Å². The van der Waals surface area contributed by atoms with Gasteiger partial charge in [0.1, 0.15) is 52.0 Å².